The van der Waals surface area contributed by atoms with Crippen LogP contribution in [0.4, 0.5) is 11.6 Å². The summed E-state index contributed by atoms with van der Waals surface area (Å²) in [4.78, 5) is 25.5. The predicted octanol–water partition coefficient (Wildman–Crippen LogP) is 0.784. The zero-order valence-corrected chi connectivity index (χ0v) is 11.1. The Balaban J connectivity index is 2.10. The molecule has 1 aliphatic heterocycles. The van der Waals surface area contributed by atoms with E-state index in [-0.39, 0.29) is 18.5 Å². The summed E-state index contributed by atoms with van der Waals surface area (Å²) in [6.45, 7) is 1.80. The fourth-order valence-corrected chi connectivity index (χ4v) is 2.04. The summed E-state index contributed by atoms with van der Waals surface area (Å²) >= 11 is 0. The van der Waals surface area contributed by atoms with E-state index in [2.05, 4.69) is 15.0 Å². The fraction of sp³-hybridized carbons (Fsp3) is 0.231. The Morgan fingerprint density at radius 2 is 2.10 bits per heavy atom. The van der Waals surface area contributed by atoms with Crippen LogP contribution >= 0.6 is 0 Å². The number of likely N-dealkylation sites (N-methyl/N-ethyl adjacent to an activating group) is 1. The molecule has 1 aromatic carbocycles. The fourth-order valence-electron chi connectivity index (χ4n) is 2.04. The maximum Gasteiger partial charge on any atom is 0.264 e. The molecule has 0 bridgehead atoms. The van der Waals surface area contributed by atoms with Crippen LogP contribution in [0.25, 0.3) is 11.4 Å². The van der Waals surface area contributed by atoms with Crippen LogP contribution in [0.3, 0.4) is 0 Å². The van der Waals surface area contributed by atoms with Crippen LogP contribution in [0.2, 0.25) is 0 Å². The number of hydrogen-bond acceptors (Lipinski definition) is 6. The average molecular weight is 271 g/mol. The molecule has 0 radical (unpaired) electrons. The Bertz CT molecular complexity index is 681. The van der Waals surface area contributed by atoms with Crippen molar-refractivity contribution in [3.05, 3.63) is 24.0 Å². The Morgan fingerprint density at radius 1 is 1.30 bits per heavy atom. The first-order chi connectivity index (χ1) is 9.54. The number of amides is 1. The summed E-state index contributed by atoms with van der Waals surface area (Å²) in [7, 11) is 1.71. The molecule has 7 heteroatoms. The van der Waals surface area contributed by atoms with E-state index in [9.17, 15) is 4.79 Å². The molecule has 7 nitrogen and oxygen atoms in total. The number of aromatic nitrogens is 3. The van der Waals surface area contributed by atoms with Gasteiger partial charge in [-0.25, -0.2) is 4.98 Å². The molecule has 1 aromatic heterocycles. The molecule has 20 heavy (non-hydrogen) atoms. The van der Waals surface area contributed by atoms with Crippen LogP contribution in [-0.2, 0) is 4.79 Å². The maximum absolute atomic E-state index is 11.7. The monoisotopic (exact) mass is 271 g/mol. The number of ether oxygens (including phenoxy) is 1. The summed E-state index contributed by atoms with van der Waals surface area (Å²) in [6.07, 6.45) is 0. The number of carbonyl (C=O) groups excluding carboxylic acids is 1. The molecule has 0 aliphatic carbocycles. The van der Waals surface area contributed by atoms with E-state index < -0.39 is 0 Å². The van der Waals surface area contributed by atoms with E-state index >= 15 is 0 Å². The topological polar surface area (TPSA) is 94.2 Å². The van der Waals surface area contributed by atoms with Gasteiger partial charge in [-0.3, -0.25) is 4.79 Å². The lowest BCUT2D eigenvalue weighted by Gasteiger charge is -2.26. The number of carbonyl (C=O) groups is 1. The Hall–Kier alpha value is -2.70. The van der Waals surface area contributed by atoms with Gasteiger partial charge in [0.25, 0.3) is 5.91 Å². The lowest BCUT2D eigenvalue weighted by Crippen LogP contribution is -2.35. The molecule has 2 aromatic rings. The Morgan fingerprint density at radius 3 is 2.85 bits per heavy atom. The van der Waals surface area contributed by atoms with Gasteiger partial charge in [-0.2, -0.15) is 9.97 Å². The average Bonchev–Trinajstić information content (AvgIpc) is 2.42. The lowest BCUT2D eigenvalue weighted by atomic mass is 10.1. The van der Waals surface area contributed by atoms with Gasteiger partial charge in [-0.05, 0) is 25.1 Å². The van der Waals surface area contributed by atoms with Crippen molar-refractivity contribution >= 4 is 17.5 Å². The highest BCUT2D eigenvalue weighted by molar-refractivity contribution is 5.98. The third kappa shape index (κ3) is 2.03. The molecule has 1 amide bonds. The molecule has 0 atom stereocenters. The van der Waals surface area contributed by atoms with E-state index in [0.717, 1.165) is 5.56 Å². The summed E-state index contributed by atoms with van der Waals surface area (Å²) in [5.74, 6) is 1.76. The summed E-state index contributed by atoms with van der Waals surface area (Å²) in [6, 6.07) is 5.43. The highest BCUT2D eigenvalue weighted by Gasteiger charge is 2.22. The van der Waals surface area contributed by atoms with Crippen LogP contribution in [-0.4, -0.2) is 34.5 Å². The normalized spacial score (nSPS) is 13.9. The van der Waals surface area contributed by atoms with Crippen molar-refractivity contribution in [2.75, 3.05) is 24.3 Å². The van der Waals surface area contributed by atoms with Crippen molar-refractivity contribution in [3.63, 3.8) is 0 Å². The van der Waals surface area contributed by atoms with Gasteiger partial charge in [0.1, 0.15) is 11.6 Å². The molecule has 2 heterocycles. The third-order valence-electron chi connectivity index (χ3n) is 3.07. The molecule has 0 fully saturated rings. The smallest absolute Gasteiger partial charge is 0.264 e. The Kier molecular flexibility index (Phi) is 2.74. The number of nitrogens with zero attached hydrogens (tertiary/aromatic N) is 4. The number of anilines is 2. The summed E-state index contributed by atoms with van der Waals surface area (Å²) < 4.78 is 5.38. The lowest BCUT2D eigenvalue weighted by molar-refractivity contribution is -0.120. The number of rotatable bonds is 1. The molecular formula is C13H13N5O2. The molecule has 102 valence electrons. The number of fused-ring (bicyclic) bond motifs is 1. The summed E-state index contributed by atoms with van der Waals surface area (Å²) in [5.41, 5.74) is 7.08. The van der Waals surface area contributed by atoms with Gasteiger partial charge in [-0.15, -0.1) is 0 Å². The van der Waals surface area contributed by atoms with Gasteiger partial charge < -0.3 is 15.4 Å². The molecule has 1 aliphatic rings. The number of nitrogen functional groups attached to an aromatic ring is 1. The van der Waals surface area contributed by atoms with Crippen molar-refractivity contribution in [2.24, 2.45) is 0 Å². The molecular weight excluding hydrogens is 258 g/mol. The zero-order valence-electron chi connectivity index (χ0n) is 11.1. The van der Waals surface area contributed by atoms with Crippen LogP contribution in [0.15, 0.2) is 18.2 Å². The number of nitrogens with two attached hydrogens (primary N) is 1. The predicted molar refractivity (Wildman–Crippen MR) is 73.3 cm³/mol. The zero-order chi connectivity index (χ0) is 14.3. The molecule has 0 unspecified atom stereocenters. The quantitative estimate of drug-likeness (QED) is 0.823. The van der Waals surface area contributed by atoms with Crippen molar-refractivity contribution in [2.45, 2.75) is 6.92 Å². The van der Waals surface area contributed by atoms with Crippen molar-refractivity contribution < 1.29 is 9.53 Å². The van der Waals surface area contributed by atoms with Gasteiger partial charge >= 0.3 is 0 Å². The van der Waals surface area contributed by atoms with E-state index in [4.69, 9.17) is 10.5 Å². The first-order valence-electron chi connectivity index (χ1n) is 6.06. The number of aryl methyl sites for hydroxylation is 1. The van der Waals surface area contributed by atoms with Crippen molar-refractivity contribution in [3.8, 4) is 17.1 Å². The van der Waals surface area contributed by atoms with E-state index in [1.165, 1.54) is 0 Å². The molecule has 0 spiro atoms. The first-order valence-corrected chi connectivity index (χ1v) is 6.06. The Labute approximate surface area is 115 Å². The van der Waals surface area contributed by atoms with Gasteiger partial charge in [0.15, 0.2) is 12.4 Å². The summed E-state index contributed by atoms with van der Waals surface area (Å²) in [5, 5.41) is 0. The van der Waals surface area contributed by atoms with E-state index in [0.29, 0.717) is 23.1 Å². The number of benzene rings is 1. The SMILES string of the molecule is Cc1nc(N)nc(-c2ccc3c(c2)N(C)C(=O)CO3)n1. The second kappa shape index (κ2) is 4.44. The van der Waals surface area contributed by atoms with Crippen molar-refractivity contribution in [1.82, 2.24) is 15.0 Å². The van der Waals surface area contributed by atoms with E-state index in [1.54, 1.807) is 31.0 Å². The minimum atomic E-state index is -0.0963. The van der Waals surface area contributed by atoms with Gasteiger partial charge in [0.2, 0.25) is 5.95 Å². The van der Waals surface area contributed by atoms with Crippen LogP contribution in [0.1, 0.15) is 5.82 Å². The van der Waals surface area contributed by atoms with Gasteiger partial charge in [0, 0.05) is 12.6 Å². The van der Waals surface area contributed by atoms with Crippen LogP contribution in [0.5, 0.6) is 5.75 Å². The first kappa shape index (κ1) is 12.3. The molecule has 2 N–H and O–H groups in total. The second-order valence-corrected chi connectivity index (χ2v) is 4.49. The largest absolute Gasteiger partial charge is 0.482 e. The van der Waals surface area contributed by atoms with E-state index in [1.807, 2.05) is 6.07 Å². The minimum absolute atomic E-state index is 0.0562. The second-order valence-electron chi connectivity index (χ2n) is 4.49. The maximum atomic E-state index is 11.7. The van der Waals surface area contributed by atoms with Gasteiger partial charge in [-0.1, -0.05) is 0 Å². The standard InChI is InChI=1S/C13H13N5O2/c1-7-15-12(17-13(14)16-7)8-3-4-10-9(5-8)18(2)11(19)6-20-10/h3-5H,6H2,1-2H3,(H2,14,15,16,17). The molecule has 0 saturated carbocycles. The van der Waals surface area contributed by atoms with Crippen LogP contribution < -0.4 is 15.4 Å². The molecule has 3 rings (SSSR count). The van der Waals surface area contributed by atoms with Gasteiger partial charge in [0.05, 0.1) is 5.69 Å². The van der Waals surface area contributed by atoms with Crippen LogP contribution in [0, 0.1) is 6.92 Å². The third-order valence-corrected chi connectivity index (χ3v) is 3.07. The van der Waals surface area contributed by atoms with Crippen molar-refractivity contribution in [1.29, 1.82) is 0 Å². The minimum Gasteiger partial charge on any atom is -0.482 e. The molecule has 0 saturated heterocycles. The highest BCUT2D eigenvalue weighted by Crippen LogP contribution is 2.34. The highest BCUT2D eigenvalue weighted by atomic mass is 16.5. The number of hydrogen-bond donors (Lipinski definition) is 1.